The summed E-state index contributed by atoms with van der Waals surface area (Å²) in [6, 6.07) is 5.47. The number of piperidine rings is 1. The summed E-state index contributed by atoms with van der Waals surface area (Å²) in [4.78, 5) is 41.7. The minimum Gasteiger partial charge on any atom is -0.361 e. The first-order valence-corrected chi connectivity index (χ1v) is 10.7. The fourth-order valence-electron chi connectivity index (χ4n) is 4.46. The zero-order chi connectivity index (χ0) is 25.1. The van der Waals surface area contributed by atoms with Gasteiger partial charge in [0.2, 0.25) is 17.5 Å². The SMILES string of the molecule is CC1(C)CC(Nc2ncnc(NNC(=O)Cc3ccc([N+](=O)[O-])cc3)c2[N+](=O)[O-])CC(C)(C)N1. The summed E-state index contributed by atoms with van der Waals surface area (Å²) >= 11 is 0. The van der Waals surface area contributed by atoms with Crippen LogP contribution in [0.5, 0.6) is 0 Å². The molecule has 2 heterocycles. The predicted molar refractivity (Wildman–Crippen MR) is 125 cm³/mol. The second-order valence-corrected chi connectivity index (χ2v) is 9.59. The number of non-ortho nitro benzene ring substituents is 1. The van der Waals surface area contributed by atoms with Crippen molar-refractivity contribution in [1.82, 2.24) is 20.7 Å². The molecule has 1 aliphatic rings. The van der Waals surface area contributed by atoms with Gasteiger partial charge in [0, 0.05) is 29.3 Å². The lowest BCUT2D eigenvalue weighted by Crippen LogP contribution is -2.60. The van der Waals surface area contributed by atoms with Crippen LogP contribution in [0, 0.1) is 20.2 Å². The summed E-state index contributed by atoms with van der Waals surface area (Å²) in [7, 11) is 0. The van der Waals surface area contributed by atoms with Crippen LogP contribution >= 0.6 is 0 Å². The first kappa shape index (κ1) is 24.8. The number of nitro benzene ring substituents is 1. The Morgan fingerprint density at radius 3 is 2.18 bits per heavy atom. The molecular weight excluding hydrogens is 444 g/mol. The highest BCUT2D eigenvalue weighted by Crippen LogP contribution is 2.34. The molecule has 1 aliphatic heterocycles. The Balaban J connectivity index is 1.70. The molecule has 34 heavy (non-hydrogen) atoms. The minimum absolute atomic E-state index is 0.0608. The van der Waals surface area contributed by atoms with Gasteiger partial charge in [-0.1, -0.05) is 12.1 Å². The number of rotatable bonds is 8. The van der Waals surface area contributed by atoms with Gasteiger partial charge in [-0.3, -0.25) is 35.9 Å². The third-order valence-corrected chi connectivity index (χ3v) is 5.37. The lowest BCUT2D eigenvalue weighted by molar-refractivity contribution is -0.384. The number of carbonyl (C=O) groups excluding carboxylic acids is 1. The molecule has 4 N–H and O–H groups in total. The van der Waals surface area contributed by atoms with Gasteiger partial charge in [-0.25, -0.2) is 9.97 Å². The van der Waals surface area contributed by atoms with E-state index in [-0.39, 0.29) is 46.6 Å². The van der Waals surface area contributed by atoms with E-state index in [0.717, 1.165) is 12.8 Å². The molecule has 0 spiro atoms. The van der Waals surface area contributed by atoms with E-state index in [2.05, 4.69) is 59.1 Å². The number of hydrogen-bond donors (Lipinski definition) is 4. The molecule has 182 valence electrons. The topological polar surface area (TPSA) is 177 Å². The van der Waals surface area contributed by atoms with Crippen LogP contribution in [0.1, 0.15) is 46.1 Å². The average molecular weight is 473 g/mol. The Morgan fingerprint density at radius 1 is 1.03 bits per heavy atom. The highest BCUT2D eigenvalue weighted by molar-refractivity contribution is 5.81. The van der Waals surface area contributed by atoms with Gasteiger partial charge in [-0.15, -0.1) is 0 Å². The van der Waals surface area contributed by atoms with Crippen molar-refractivity contribution in [1.29, 1.82) is 0 Å². The number of hydrogen-bond acceptors (Lipinski definition) is 10. The Hall–Kier alpha value is -3.87. The van der Waals surface area contributed by atoms with E-state index in [0.29, 0.717) is 5.56 Å². The van der Waals surface area contributed by atoms with Crippen LogP contribution in [0.3, 0.4) is 0 Å². The third-order valence-electron chi connectivity index (χ3n) is 5.37. The summed E-state index contributed by atoms with van der Waals surface area (Å²) in [6.45, 7) is 8.30. The maximum Gasteiger partial charge on any atom is 0.354 e. The molecule has 0 bridgehead atoms. The van der Waals surface area contributed by atoms with Gasteiger partial charge < -0.3 is 10.6 Å². The lowest BCUT2D eigenvalue weighted by Gasteiger charge is -2.46. The summed E-state index contributed by atoms with van der Waals surface area (Å²) < 4.78 is 0. The molecule has 1 aromatic carbocycles. The number of carbonyl (C=O) groups is 1. The average Bonchev–Trinajstić information content (AvgIpc) is 2.70. The molecular formula is C21H28N8O5. The number of amides is 1. The molecule has 0 unspecified atom stereocenters. The quantitative estimate of drug-likeness (QED) is 0.330. The predicted octanol–water partition coefficient (Wildman–Crippen LogP) is 2.70. The number of nitro groups is 2. The number of nitrogens with one attached hydrogen (secondary N) is 4. The fourth-order valence-corrected chi connectivity index (χ4v) is 4.46. The van der Waals surface area contributed by atoms with Crippen molar-refractivity contribution in [3.05, 3.63) is 56.4 Å². The van der Waals surface area contributed by atoms with Crippen LogP contribution in [0.15, 0.2) is 30.6 Å². The van der Waals surface area contributed by atoms with Gasteiger partial charge in [-0.2, -0.15) is 0 Å². The van der Waals surface area contributed by atoms with Gasteiger partial charge in [0.15, 0.2) is 0 Å². The molecule has 0 atom stereocenters. The zero-order valence-corrected chi connectivity index (χ0v) is 19.4. The monoisotopic (exact) mass is 472 g/mol. The maximum atomic E-state index is 12.3. The van der Waals surface area contributed by atoms with Crippen molar-refractivity contribution >= 4 is 28.9 Å². The van der Waals surface area contributed by atoms with Gasteiger partial charge in [0.25, 0.3) is 5.69 Å². The van der Waals surface area contributed by atoms with Crippen molar-refractivity contribution in [3.63, 3.8) is 0 Å². The number of hydrazine groups is 1. The Morgan fingerprint density at radius 2 is 1.62 bits per heavy atom. The second kappa shape index (κ2) is 9.55. The first-order valence-electron chi connectivity index (χ1n) is 10.7. The van der Waals surface area contributed by atoms with E-state index in [4.69, 9.17) is 0 Å². The van der Waals surface area contributed by atoms with Crippen molar-refractivity contribution in [2.75, 3.05) is 10.7 Å². The first-order chi connectivity index (χ1) is 15.8. The maximum absolute atomic E-state index is 12.3. The van der Waals surface area contributed by atoms with E-state index in [1.165, 1.54) is 30.6 Å². The van der Waals surface area contributed by atoms with E-state index in [1.807, 2.05) is 0 Å². The van der Waals surface area contributed by atoms with E-state index in [1.54, 1.807) is 0 Å². The highest BCUT2D eigenvalue weighted by Gasteiger charge is 2.38. The van der Waals surface area contributed by atoms with Crippen molar-refractivity contribution in [2.24, 2.45) is 0 Å². The standard InChI is InChI=1S/C21H28N8O5/c1-20(2)10-14(11-21(3,4)27-20)24-18-17(29(33)34)19(23-12-22-18)26-25-16(30)9-13-5-7-15(8-6-13)28(31)32/h5-8,12,14,27H,9-11H2,1-4H3,(H,25,30)(H2,22,23,24,26). The molecule has 0 saturated carbocycles. The second-order valence-electron chi connectivity index (χ2n) is 9.59. The van der Waals surface area contributed by atoms with Gasteiger partial charge in [0.05, 0.1) is 16.3 Å². The van der Waals surface area contributed by atoms with Crippen LogP contribution < -0.4 is 21.5 Å². The van der Waals surface area contributed by atoms with Gasteiger partial charge in [-0.05, 0) is 46.1 Å². The Labute approximate surface area is 196 Å². The third kappa shape index (κ3) is 6.34. The molecule has 2 aromatic rings. The smallest absolute Gasteiger partial charge is 0.354 e. The number of benzene rings is 1. The summed E-state index contributed by atoms with van der Waals surface area (Å²) in [6.07, 6.45) is 2.55. The zero-order valence-electron chi connectivity index (χ0n) is 19.4. The Kier molecular flexibility index (Phi) is 6.96. The van der Waals surface area contributed by atoms with Crippen LogP contribution in [0.25, 0.3) is 0 Å². The van der Waals surface area contributed by atoms with E-state index >= 15 is 0 Å². The summed E-state index contributed by atoms with van der Waals surface area (Å²) in [5.74, 6) is -0.601. The fraction of sp³-hybridized carbons (Fsp3) is 0.476. The normalized spacial score (nSPS) is 16.9. The molecule has 1 aromatic heterocycles. The number of aromatic nitrogens is 2. The minimum atomic E-state index is -0.607. The van der Waals surface area contributed by atoms with Crippen molar-refractivity contribution in [3.8, 4) is 0 Å². The van der Waals surface area contributed by atoms with Crippen molar-refractivity contribution in [2.45, 2.75) is 64.1 Å². The molecule has 13 nitrogen and oxygen atoms in total. The number of nitrogens with zero attached hydrogens (tertiary/aromatic N) is 4. The molecule has 0 radical (unpaired) electrons. The molecule has 1 amide bonds. The van der Waals surface area contributed by atoms with Crippen LogP contribution in [0.4, 0.5) is 23.0 Å². The van der Waals surface area contributed by atoms with E-state index < -0.39 is 15.8 Å². The lowest BCUT2D eigenvalue weighted by atomic mass is 9.79. The molecule has 1 fully saturated rings. The molecule has 13 heteroatoms. The molecule has 3 rings (SSSR count). The Bertz CT molecular complexity index is 1070. The van der Waals surface area contributed by atoms with Crippen molar-refractivity contribution < 1.29 is 14.6 Å². The highest BCUT2D eigenvalue weighted by atomic mass is 16.6. The van der Waals surface area contributed by atoms with Crippen LogP contribution in [-0.4, -0.2) is 42.8 Å². The molecule has 0 aliphatic carbocycles. The number of anilines is 2. The van der Waals surface area contributed by atoms with Gasteiger partial charge in [0.1, 0.15) is 6.33 Å². The summed E-state index contributed by atoms with van der Waals surface area (Å²) in [5, 5.41) is 29.3. The largest absolute Gasteiger partial charge is 0.361 e. The molecule has 1 saturated heterocycles. The van der Waals surface area contributed by atoms with Gasteiger partial charge >= 0.3 is 5.69 Å². The summed E-state index contributed by atoms with van der Waals surface area (Å²) in [5.41, 5.74) is 4.61. The van der Waals surface area contributed by atoms with E-state index in [9.17, 15) is 25.0 Å². The van der Waals surface area contributed by atoms with Crippen LogP contribution in [0.2, 0.25) is 0 Å². The van der Waals surface area contributed by atoms with Crippen LogP contribution in [-0.2, 0) is 11.2 Å².